The van der Waals surface area contributed by atoms with Crippen molar-refractivity contribution in [3.05, 3.63) is 59.8 Å². The summed E-state index contributed by atoms with van der Waals surface area (Å²) >= 11 is 0. The maximum absolute atomic E-state index is 12.7. The molecule has 4 nitrogen and oxygen atoms in total. The fourth-order valence-electron chi connectivity index (χ4n) is 3.89. The van der Waals surface area contributed by atoms with Crippen LogP contribution in [0.25, 0.3) is 0 Å². The fraction of sp³-hybridized carbons (Fsp3) is 0.455. The summed E-state index contributed by atoms with van der Waals surface area (Å²) in [4.78, 5) is 19.7. The van der Waals surface area contributed by atoms with Crippen molar-refractivity contribution in [1.82, 2.24) is 10.3 Å². The highest BCUT2D eigenvalue weighted by Crippen LogP contribution is 2.48. The third-order valence-electron chi connectivity index (χ3n) is 5.70. The second kappa shape index (κ2) is 7.48. The average Bonchev–Trinajstić information content (AvgIpc) is 3.52. The minimum Gasteiger partial charge on any atom is -0.357 e. The SMILES string of the molecule is O=C(NCc1ccc(N2CCCCCC2)nc1)C1(c2ccccc2)CC1. The molecule has 1 amide bonds. The first-order valence-corrected chi connectivity index (χ1v) is 9.82. The first-order valence-electron chi connectivity index (χ1n) is 9.82. The number of benzene rings is 1. The summed E-state index contributed by atoms with van der Waals surface area (Å²) in [5.74, 6) is 1.20. The van der Waals surface area contributed by atoms with Gasteiger partial charge in [0.15, 0.2) is 0 Å². The molecule has 0 radical (unpaired) electrons. The highest BCUT2D eigenvalue weighted by molar-refractivity contribution is 5.91. The molecule has 0 unspecified atom stereocenters. The first-order chi connectivity index (χ1) is 12.8. The molecule has 0 spiro atoms. The van der Waals surface area contributed by atoms with Crippen molar-refractivity contribution in [2.24, 2.45) is 0 Å². The molecule has 26 heavy (non-hydrogen) atoms. The van der Waals surface area contributed by atoms with Crippen LogP contribution in [0.3, 0.4) is 0 Å². The van der Waals surface area contributed by atoms with E-state index in [9.17, 15) is 4.79 Å². The molecule has 2 aromatic rings. The summed E-state index contributed by atoms with van der Waals surface area (Å²) < 4.78 is 0. The lowest BCUT2D eigenvalue weighted by molar-refractivity contribution is -0.123. The highest BCUT2D eigenvalue weighted by atomic mass is 16.2. The zero-order valence-corrected chi connectivity index (χ0v) is 15.3. The minimum atomic E-state index is -0.305. The van der Waals surface area contributed by atoms with Gasteiger partial charge in [0.05, 0.1) is 5.41 Å². The second-order valence-corrected chi connectivity index (χ2v) is 7.56. The van der Waals surface area contributed by atoms with E-state index in [0.717, 1.165) is 42.9 Å². The van der Waals surface area contributed by atoms with Crippen LogP contribution < -0.4 is 10.2 Å². The molecule has 1 N–H and O–H groups in total. The van der Waals surface area contributed by atoms with Gasteiger partial charge >= 0.3 is 0 Å². The summed E-state index contributed by atoms with van der Waals surface area (Å²) in [5.41, 5.74) is 1.88. The summed E-state index contributed by atoms with van der Waals surface area (Å²) in [6.45, 7) is 2.74. The van der Waals surface area contributed by atoms with Gasteiger partial charge in [-0.15, -0.1) is 0 Å². The molecule has 2 heterocycles. The summed E-state index contributed by atoms with van der Waals surface area (Å²) in [6, 6.07) is 14.3. The van der Waals surface area contributed by atoms with Crippen molar-refractivity contribution in [3.63, 3.8) is 0 Å². The van der Waals surface area contributed by atoms with Crippen LogP contribution in [0.5, 0.6) is 0 Å². The Labute approximate surface area is 155 Å². The molecular weight excluding hydrogens is 322 g/mol. The summed E-state index contributed by atoms with van der Waals surface area (Å²) in [7, 11) is 0. The molecule has 4 heteroatoms. The fourth-order valence-corrected chi connectivity index (χ4v) is 3.89. The third-order valence-corrected chi connectivity index (χ3v) is 5.70. The Balaban J connectivity index is 1.35. The zero-order valence-electron chi connectivity index (χ0n) is 15.3. The molecule has 1 aromatic heterocycles. The van der Waals surface area contributed by atoms with Crippen molar-refractivity contribution >= 4 is 11.7 Å². The molecule has 1 aliphatic carbocycles. The summed E-state index contributed by atoms with van der Waals surface area (Å²) in [6.07, 6.45) is 8.93. The first kappa shape index (κ1) is 17.1. The Morgan fingerprint density at radius 2 is 1.73 bits per heavy atom. The average molecular weight is 349 g/mol. The van der Waals surface area contributed by atoms with Crippen molar-refractivity contribution < 1.29 is 4.79 Å². The Bertz CT molecular complexity index is 730. The number of amides is 1. The van der Waals surface area contributed by atoms with Gasteiger partial charge in [0.25, 0.3) is 0 Å². The Kier molecular flexibility index (Phi) is 4.91. The number of anilines is 1. The standard InChI is InChI=1S/C22H27N3O/c26-21(22(12-13-22)19-8-4-3-5-9-19)24-17-18-10-11-20(23-16-18)25-14-6-1-2-7-15-25/h3-5,8-11,16H,1-2,6-7,12-15,17H2,(H,24,26). The number of hydrogen-bond acceptors (Lipinski definition) is 3. The maximum atomic E-state index is 12.7. The number of rotatable bonds is 5. The minimum absolute atomic E-state index is 0.139. The van der Waals surface area contributed by atoms with Crippen molar-refractivity contribution in [3.8, 4) is 0 Å². The van der Waals surface area contributed by atoms with E-state index in [2.05, 4.69) is 39.5 Å². The van der Waals surface area contributed by atoms with Crippen LogP contribution in [0.15, 0.2) is 48.7 Å². The lowest BCUT2D eigenvalue weighted by Crippen LogP contribution is -2.34. The monoisotopic (exact) mass is 349 g/mol. The van der Waals surface area contributed by atoms with Crippen LogP contribution in [-0.2, 0) is 16.8 Å². The molecule has 136 valence electrons. The van der Waals surface area contributed by atoms with Crippen molar-refractivity contribution in [2.45, 2.75) is 50.5 Å². The van der Waals surface area contributed by atoms with Crippen molar-refractivity contribution in [2.75, 3.05) is 18.0 Å². The molecule has 1 saturated carbocycles. The lowest BCUT2D eigenvalue weighted by Gasteiger charge is -2.21. The largest absolute Gasteiger partial charge is 0.357 e. The van der Waals surface area contributed by atoms with Gasteiger partial charge in [-0.05, 0) is 42.9 Å². The number of hydrogen-bond donors (Lipinski definition) is 1. The quantitative estimate of drug-likeness (QED) is 0.893. The van der Waals surface area contributed by atoms with Crippen LogP contribution >= 0.6 is 0 Å². The Morgan fingerprint density at radius 3 is 2.35 bits per heavy atom. The zero-order chi connectivity index (χ0) is 17.8. The van der Waals surface area contributed by atoms with E-state index < -0.39 is 0 Å². The molecule has 4 rings (SSSR count). The van der Waals surface area contributed by atoms with Gasteiger partial charge in [-0.3, -0.25) is 4.79 Å². The van der Waals surface area contributed by atoms with Crippen LogP contribution in [-0.4, -0.2) is 24.0 Å². The molecule has 0 atom stereocenters. The van der Waals surface area contributed by atoms with E-state index in [1.807, 2.05) is 24.4 Å². The van der Waals surface area contributed by atoms with Crippen LogP contribution in [0, 0.1) is 0 Å². The maximum Gasteiger partial charge on any atom is 0.230 e. The van der Waals surface area contributed by atoms with E-state index >= 15 is 0 Å². The molecule has 0 bridgehead atoms. The van der Waals surface area contributed by atoms with Gasteiger partial charge in [-0.1, -0.05) is 49.2 Å². The van der Waals surface area contributed by atoms with Gasteiger partial charge < -0.3 is 10.2 Å². The van der Waals surface area contributed by atoms with Crippen LogP contribution in [0.4, 0.5) is 5.82 Å². The number of carbonyl (C=O) groups excluding carboxylic acids is 1. The molecular formula is C22H27N3O. The number of carbonyl (C=O) groups is 1. The van der Waals surface area contributed by atoms with Gasteiger partial charge in [-0.2, -0.15) is 0 Å². The third kappa shape index (κ3) is 3.59. The van der Waals surface area contributed by atoms with Crippen molar-refractivity contribution in [1.29, 1.82) is 0 Å². The number of nitrogens with one attached hydrogen (secondary N) is 1. The molecule has 1 aromatic carbocycles. The second-order valence-electron chi connectivity index (χ2n) is 7.56. The normalized spacial score (nSPS) is 18.8. The predicted octanol–water partition coefficient (Wildman–Crippen LogP) is 3.81. The molecule has 1 aliphatic heterocycles. The predicted molar refractivity (Wildman–Crippen MR) is 104 cm³/mol. The Morgan fingerprint density at radius 1 is 1.00 bits per heavy atom. The van der Waals surface area contributed by atoms with E-state index in [-0.39, 0.29) is 11.3 Å². The number of pyridine rings is 1. The van der Waals surface area contributed by atoms with Gasteiger partial charge in [0, 0.05) is 25.8 Å². The number of aromatic nitrogens is 1. The highest BCUT2D eigenvalue weighted by Gasteiger charge is 2.50. The van der Waals surface area contributed by atoms with E-state index in [1.54, 1.807) is 0 Å². The van der Waals surface area contributed by atoms with E-state index in [1.165, 1.54) is 25.7 Å². The smallest absolute Gasteiger partial charge is 0.230 e. The molecule has 1 saturated heterocycles. The Hall–Kier alpha value is -2.36. The topological polar surface area (TPSA) is 45.2 Å². The van der Waals surface area contributed by atoms with E-state index in [4.69, 9.17) is 0 Å². The lowest BCUT2D eigenvalue weighted by atomic mass is 9.95. The summed E-state index contributed by atoms with van der Waals surface area (Å²) in [5, 5.41) is 3.12. The van der Waals surface area contributed by atoms with Gasteiger partial charge in [0.1, 0.15) is 5.82 Å². The molecule has 2 aliphatic rings. The van der Waals surface area contributed by atoms with Crippen LogP contribution in [0.1, 0.15) is 49.7 Å². The number of nitrogens with zero attached hydrogens (tertiary/aromatic N) is 2. The van der Waals surface area contributed by atoms with Gasteiger partial charge in [0.2, 0.25) is 5.91 Å². The van der Waals surface area contributed by atoms with Crippen LogP contribution in [0.2, 0.25) is 0 Å². The van der Waals surface area contributed by atoms with E-state index in [0.29, 0.717) is 6.54 Å². The molecule has 2 fully saturated rings. The van der Waals surface area contributed by atoms with Gasteiger partial charge in [-0.25, -0.2) is 4.98 Å².